The van der Waals surface area contributed by atoms with E-state index in [0.29, 0.717) is 0 Å². The Bertz CT molecular complexity index is 3010. The number of para-hydroxylation sites is 3. The van der Waals surface area contributed by atoms with Gasteiger partial charge in [-0.1, -0.05) is 149 Å². The molecule has 10 rings (SSSR count). The zero-order valence-corrected chi connectivity index (χ0v) is 31.0. The molecule has 0 spiro atoms. The van der Waals surface area contributed by atoms with E-state index in [1.165, 1.54) is 60.6 Å². The number of hydrogen-bond donors (Lipinski definition) is 0. The monoisotopic (exact) mass is 696 g/mol. The number of nitrogens with zero attached hydrogens (tertiary/aromatic N) is 2. The van der Waals surface area contributed by atoms with Crippen LogP contribution in [0.1, 0.15) is 50.7 Å². The Morgan fingerprint density at radius 3 is 1.89 bits per heavy atom. The van der Waals surface area contributed by atoms with Crippen molar-refractivity contribution in [1.82, 2.24) is 9.55 Å². The van der Waals surface area contributed by atoms with E-state index in [9.17, 15) is 0 Å². The highest BCUT2D eigenvalue weighted by Gasteiger charge is 2.26. The molecule has 260 valence electrons. The molecule has 0 aliphatic rings. The molecule has 0 atom stereocenters. The molecule has 0 aliphatic carbocycles. The minimum absolute atomic E-state index is 0.272. The summed E-state index contributed by atoms with van der Waals surface area (Å²) >= 11 is 0. The lowest BCUT2D eigenvalue weighted by Gasteiger charge is -2.24. The van der Waals surface area contributed by atoms with E-state index in [-0.39, 0.29) is 11.8 Å². The molecule has 54 heavy (non-hydrogen) atoms. The Balaban J connectivity index is 1.32. The molecule has 0 N–H and O–H groups in total. The van der Waals surface area contributed by atoms with Crippen LogP contribution in [-0.2, 0) is 0 Å². The van der Waals surface area contributed by atoms with Crippen molar-refractivity contribution >= 4 is 54.5 Å². The maximum atomic E-state index is 7.12. The highest BCUT2D eigenvalue weighted by atomic mass is 16.3. The fourth-order valence-electron chi connectivity index (χ4n) is 8.55. The number of aromatic nitrogens is 2. The van der Waals surface area contributed by atoms with Gasteiger partial charge in [0.25, 0.3) is 0 Å². The van der Waals surface area contributed by atoms with Crippen molar-refractivity contribution in [2.75, 3.05) is 0 Å². The smallest absolute Gasteiger partial charge is 0.149 e. The largest absolute Gasteiger partial charge is 0.455 e. The third-order valence-electron chi connectivity index (χ3n) is 11.1. The van der Waals surface area contributed by atoms with Crippen molar-refractivity contribution in [2.24, 2.45) is 0 Å². The summed E-state index contributed by atoms with van der Waals surface area (Å²) in [4.78, 5) is 5.44. The molecule has 3 heteroatoms. The molecule has 0 aliphatic heterocycles. The van der Waals surface area contributed by atoms with Gasteiger partial charge in [-0.25, -0.2) is 4.98 Å². The van der Waals surface area contributed by atoms with Crippen LogP contribution in [0.2, 0.25) is 0 Å². The predicted octanol–water partition coefficient (Wildman–Crippen LogP) is 14.5. The maximum Gasteiger partial charge on any atom is 0.149 e. The quantitative estimate of drug-likeness (QED) is 0.162. The number of rotatable bonds is 6. The van der Waals surface area contributed by atoms with Gasteiger partial charge >= 0.3 is 0 Å². The zero-order valence-electron chi connectivity index (χ0n) is 31.0. The summed E-state index contributed by atoms with van der Waals surface area (Å²) in [6.45, 7) is 9.21. The summed E-state index contributed by atoms with van der Waals surface area (Å²) in [5.41, 5.74) is 13.3. The standard InChI is InChI=1S/C51H40N2O/c1-31(2)41-28-36(33-16-7-5-8-17-33)29-42(32(3)4)49(41)53-45-25-14-13-24-44(45)52-51(53)40-23-15-22-39-48-46(54-50(39)40)30-43(34-18-9-6-10-19-34)38-27-26-35-20-11-12-21-37(35)47(38)48/h5-32H,1-4H3. The van der Waals surface area contributed by atoms with Crippen molar-refractivity contribution in [3.63, 3.8) is 0 Å². The molecule has 0 saturated heterocycles. The molecule has 10 aromatic rings. The lowest BCUT2D eigenvalue weighted by Crippen LogP contribution is -2.09. The Morgan fingerprint density at radius 1 is 0.500 bits per heavy atom. The van der Waals surface area contributed by atoms with E-state index in [0.717, 1.165) is 44.4 Å². The number of fused-ring (bicyclic) bond motifs is 8. The molecular weight excluding hydrogens is 657 g/mol. The topological polar surface area (TPSA) is 31.0 Å². The second kappa shape index (κ2) is 12.6. The van der Waals surface area contributed by atoms with Gasteiger partial charge in [-0.2, -0.15) is 0 Å². The normalized spacial score (nSPS) is 12.0. The minimum atomic E-state index is 0.272. The molecule has 0 bridgehead atoms. The lowest BCUT2D eigenvalue weighted by molar-refractivity contribution is 0.670. The number of benzene rings is 8. The van der Waals surface area contributed by atoms with E-state index in [4.69, 9.17) is 9.40 Å². The van der Waals surface area contributed by atoms with Gasteiger partial charge in [-0.3, -0.25) is 4.57 Å². The van der Waals surface area contributed by atoms with E-state index in [2.05, 4.69) is 190 Å². The first kappa shape index (κ1) is 32.2. The number of imidazole rings is 1. The van der Waals surface area contributed by atoms with E-state index < -0.39 is 0 Å². The van der Waals surface area contributed by atoms with Gasteiger partial charge in [0, 0.05) is 16.2 Å². The fourth-order valence-corrected chi connectivity index (χ4v) is 8.55. The summed E-state index contributed by atoms with van der Waals surface area (Å²) < 4.78 is 9.54. The van der Waals surface area contributed by atoms with Gasteiger partial charge in [0.05, 0.1) is 22.3 Å². The van der Waals surface area contributed by atoms with Crippen molar-refractivity contribution in [1.29, 1.82) is 0 Å². The SMILES string of the molecule is CC(C)c1cc(-c2ccccc2)cc(C(C)C)c1-n1c(-c2cccc3c2oc2cc(-c4ccccc4)c4ccc5ccccc5c4c23)nc2ccccc21. The van der Waals surface area contributed by atoms with Gasteiger partial charge < -0.3 is 4.42 Å². The Morgan fingerprint density at radius 2 is 1.15 bits per heavy atom. The highest BCUT2D eigenvalue weighted by Crippen LogP contribution is 2.46. The molecule has 2 heterocycles. The summed E-state index contributed by atoms with van der Waals surface area (Å²) in [6, 6.07) is 56.8. The third kappa shape index (κ3) is 4.99. The second-order valence-electron chi connectivity index (χ2n) is 15.1. The molecular formula is C51H40N2O. The van der Waals surface area contributed by atoms with Crippen molar-refractivity contribution in [2.45, 2.75) is 39.5 Å². The van der Waals surface area contributed by atoms with E-state index in [1.54, 1.807) is 0 Å². The molecule has 0 amide bonds. The predicted molar refractivity (Wildman–Crippen MR) is 228 cm³/mol. The van der Waals surface area contributed by atoms with Crippen LogP contribution in [0, 0.1) is 0 Å². The fraction of sp³-hybridized carbons (Fsp3) is 0.118. The molecule has 2 aromatic heterocycles. The lowest BCUT2D eigenvalue weighted by atomic mass is 9.88. The van der Waals surface area contributed by atoms with Gasteiger partial charge in [0.1, 0.15) is 17.0 Å². The van der Waals surface area contributed by atoms with Crippen LogP contribution in [0.4, 0.5) is 0 Å². The van der Waals surface area contributed by atoms with Gasteiger partial charge in [0.2, 0.25) is 0 Å². The van der Waals surface area contributed by atoms with Crippen LogP contribution in [0.3, 0.4) is 0 Å². The Labute approximate surface area is 315 Å². The molecule has 0 radical (unpaired) electrons. The van der Waals surface area contributed by atoms with Crippen LogP contribution in [0.25, 0.3) is 93.8 Å². The molecule has 8 aromatic carbocycles. The summed E-state index contributed by atoms with van der Waals surface area (Å²) in [6.07, 6.45) is 0. The Kier molecular flexibility index (Phi) is 7.52. The number of furan rings is 1. The molecule has 0 fully saturated rings. The van der Waals surface area contributed by atoms with Crippen LogP contribution >= 0.6 is 0 Å². The van der Waals surface area contributed by atoms with E-state index >= 15 is 0 Å². The second-order valence-corrected chi connectivity index (χ2v) is 15.1. The average Bonchev–Trinajstić information content (AvgIpc) is 3.79. The minimum Gasteiger partial charge on any atom is -0.455 e. The first-order valence-corrected chi connectivity index (χ1v) is 19.0. The van der Waals surface area contributed by atoms with Crippen LogP contribution in [0.15, 0.2) is 162 Å². The summed E-state index contributed by atoms with van der Waals surface area (Å²) in [5, 5.41) is 7.10. The molecule has 3 nitrogen and oxygen atoms in total. The van der Waals surface area contributed by atoms with Crippen LogP contribution in [-0.4, -0.2) is 9.55 Å². The third-order valence-corrected chi connectivity index (χ3v) is 11.1. The summed E-state index contributed by atoms with van der Waals surface area (Å²) in [5.74, 6) is 1.43. The zero-order chi connectivity index (χ0) is 36.5. The first-order chi connectivity index (χ1) is 26.5. The Hall–Kier alpha value is -6.45. The van der Waals surface area contributed by atoms with Crippen LogP contribution < -0.4 is 0 Å². The van der Waals surface area contributed by atoms with Crippen molar-refractivity contribution < 1.29 is 4.42 Å². The van der Waals surface area contributed by atoms with Crippen molar-refractivity contribution in [3.05, 3.63) is 169 Å². The first-order valence-electron chi connectivity index (χ1n) is 19.0. The summed E-state index contributed by atoms with van der Waals surface area (Å²) in [7, 11) is 0. The van der Waals surface area contributed by atoms with Crippen LogP contribution in [0.5, 0.6) is 0 Å². The van der Waals surface area contributed by atoms with Gasteiger partial charge in [-0.05, 0) is 97.8 Å². The number of hydrogen-bond acceptors (Lipinski definition) is 2. The highest BCUT2D eigenvalue weighted by molar-refractivity contribution is 6.30. The van der Waals surface area contributed by atoms with Crippen molar-refractivity contribution in [3.8, 4) is 39.3 Å². The molecule has 0 unspecified atom stereocenters. The maximum absolute atomic E-state index is 7.12. The van der Waals surface area contributed by atoms with Gasteiger partial charge in [0.15, 0.2) is 0 Å². The van der Waals surface area contributed by atoms with Gasteiger partial charge in [-0.15, -0.1) is 0 Å². The average molecular weight is 697 g/mol. The van der Waals surface area contributed by atoms with E-state index in [1.807, 2.05) is 0 Å². The molecule has 0 saturated carbocycles.